The first-order valence-electron chi connectivity index (χ1n) is 7.00. The van der Waals surface area contributed by atoms with Crippen LogP contribution in [0.25, 0.3) is 11.1 Å². The van der Waals surface area contributed by atoms with Crippen molar-refractivity contribution in [2.45, 2.75) is 26.7 Å². The summed E-state index contributed by atoms with van der Waals surface area (Å²) in [6.07, 6.45) is 2.51. The van der Waals surface area contributed by atoms with E-state index < -0.39 is 6.16 Å². The first kappa shape index (κ1) is 15.0. The van der Waals surface area contributed by atoms with Crippen LogP contribution in [0.2, 0.25) is 0 Å². The van der Waals surface area contributed by atoms with Gasteiger partial charge in [0.2, 0.25) is 0 Å². The molecule has 0 N–H and O–H groups in total. The molecular weight excluding hydrogens is 266 g/mol. The minimum Gasteiger partial charge on any atom is -0.434 e. The van der Waals surface area contributed by atoms with Gasteiger partial charge in [-0.1, -0.05) is 38.1 Å². The highest BCUT2D eigenvalue weighted by molar-refractivity contribution is 5.67. The third-order valence-corrected chi connectivity index (χ3v) is 3.09. The van der Waals surface area contributed by atoms with E-state index in [-0.39, 0.29) is 6.61 Å². The molecule has 1 heterocycles. The molecule has 21 heavy (non-hydrogen) atoms. The Balaban J connectivity index is 2.18. The number of hydrogen-bond donors (Lipinski definition) is 0. The quantitative estimate of drug-likeness (QED) is 0.781. The van der Waals surface area contributed by atoms with Crippen LogP contribution >= 0.6 is 0 Å². The highest BCUT2D eigenvalue weighted by atomic mass is 16.7. The van der Waals surface area contributed by atoms with E-state index in [9.17, 15) is 4.79 Å². The summed E-state index contributed by atoms with van der Waals surface area (Å²) in [4.78, 5) is 15.4. The van der Waals surface area contributed by atoms with Crippen LogP contribution in [0.3, 0.4) is 0 Å². The van der Waals surface area contributed by atoms with Gasteiger partial charge in [-0.25, -0.2) is 4.79 Å². The third-order valence-electron chi connectivity index (χ3n) is 3.09. The van der Waals surface area contributed by atoms with E-state index in [2.05, 4.69) is 31.0 Å². The van der Waals surface area contributed by atoms with E-state index in [0.29, 0.717) is 11.7 Å². The fraction of sp³-hybridized carbons (Fsp3) is 0.294. The Morgan fingerprint density at radius 3 is 2.48 bits per heavy atom. The second kappa shape index (κ2) is 6.88. The van der Waals surface area contributed by atoms with Gasteiger partial charge in [0, 0.05) is 11.8 Å². The van der Waals surface area contributed by atoms with Gasteiger partial charge >= 0.3 is 6.16 Å². The molecule has 2 rings (SSSR count). The van der Waals surface area contributed by atoms with E-state index in [0.717, 1.165) is 11.1 Å². The average Bonchev–Trinajstić information content (AvgIpc) is 2.48. The lowest BCUT2D eigenvalue weighted by molar-refractivity contribution is 0.104. The topological polar surface area (TPSA) is 48.4 Å². The maximum atomic E-state index is 11.3. The predicted octanol–water partition coefficient (Wildman–Crippen LogP) is 4.41. The van der Waals surface area contributed by atoms with Gasteiger partial charge in [-0.15, -0.1) is 0 Å². The van der Waals surface area contributed by atoms with Gasteiger partial charge < -0.3 is 9.47 Å². The van der Waals surface area contributed by atoms with Crippen molar-refractivity contribution >= 4 is 6.16 Å². The summed E-state index contributed by atoms with van der Waals surface area (Å²) in [6, 6.07) is 10.0. The van der Waals surface area contributed by atoms with Crippen molar-refractivity contribution in [1.29, 1.82) is 0 Å². The summed E-state index contributed by atoms with van der Waals surface area (Å²) < 4.78 is 9.80. The minimum absolute atomic E-state index is 0.280. The summed E-state index contributed by atoms with van der Waals surface area (Å²) in [5, 5.41) is 0. The van der Waals surface area contributed by atoms with Gasteiger partial charge in [-0.2, -0.15) is 0 Å². The Morgan fingerprint density at radius 2 is 1.86 bits per heavy atom. The van der Waals surface area contributed by atoms with Gasteiger partial charge in [0.15, 0.2) is 5.75 Å². The molecule has 0 aliphatic carbocycles. The van der Waals surface area contributed by atoms with Gasteiger partial charge in [0.25, 0.3) is 0 Å². The van der Waals surface area contributed by atoms with Gasteiger partial charge in [0.1, 0.15) is 0 Å². The summed E-state index contributed by atoms with van der Waals surface area (Å²) in [5.41, 5.74) is 3.21. The SMILES string of the molecule is CCOC(=O)Oc1cncc(-c2ccc(C(C)C)cc2)c1. The predicted molar refractivity (Wildman–Crippen MR) is 81.4 cm³/mol. The first-order chi connectivity index (χ1) is 10.1. The molecule has 1 aromatic carbocycles. The highest BCUT2D eigenvalue weighted by Crippen LogP contribution is 2.25. The highest BCUT2D eigenvalue weighted by Gasteiger charge is 2.07. The summed E-state index contributed by atoms with van der Waals surface area (Å²) in [7, 11) is 0. The Kier molecular flexibility index (Phi) is 4.93. The molecule has 0 fully saturated rings. The molecule has 0 bridgehead atoms. The number of hydrogen-bond acceptors (Lipinski definition) is 4. The second-order valence-corrected chi connectivity index (χ2v) is 4.97. The van der Waals surface area contributed by atoms with E-state index in [1.807, 2.05) is 12.1 Å². The monoisotopic (exact) mass is 285 g/mol. The lowest BCUT2D eigenvalue weighted by Gasteiger charge is -2.08. The van der Waals surface area contributed by atoms with Crippen LogP contribution in [0, 0.1) is 0 Å². The Bertz CT molecular complexity index is 606. The number of pyridine rings is 1. The van der Waals surface area contributed by atoms with Gasteiger partial charge in [-0.3, -0.25) is 4.98 Å². The number of benzene rings is 1. The van der Waals surface area contributed by atoms with E-state index in [1.54, 1.807) is 19.2 Å². The number of aromatic nitrogens is 1. The molecule has 0 aliphatic heterocycles. The molecular formula is C17H19NO3. The van der Waals surface area contributed by atoms with Crippen LogP contribution in [-0.4, -0.2) is 17.7 Å². The van der Waals surface area contributed by atoms with Crippen LogP contribution in [0.15, 0.2) is 42.7 Å². The van der Waals surface area contributed by atoms with Crippen molar-refractivity contribution in [2.24, 2.45) is 0 Å². The molecule has 0 saturated heterocycles. The van der Waals surface area contributed by atoms with Crippen molar-refractivity contribution in [2.75, 3.05) is 6.61 Å². The molecule has 1 aromatic heterocycles. The van der Waals surface area contributed by atoms with E-state index in [4.69, 9.17) is 9.47 Å². The van der Waals surface area contributed by atoms with Crippen LogP contribution < -0.4 is 4.74 Å². The molecule has 0 aliphatic rings. The van der Waals surface area contributed by atoms with Crippen molar-refractivity contribution in [3.63, 3.8) is 0 Å². The van der Waals surface area contributed by atoms with Crippen molar-refractivity contribution in [3.8, 4) is 16.9 Å². The van der Waals surface area contributed by atoms with Crippen LogP contribution in [0.4, 0.5) is 4.79 Å². The zero-order valence-corrected chi connectivity index (χ0v) is 12.5. The van der Waals surface area contributed by atoms with Crippen LogP contribution in [-0.2, 0) is 4.74 Å². The summed E-state index contributed by atoms with van der Waals surface area (Å²) >= 11 is 0. The molecule has 0 amide bonds. The number of carbonyl (C=O) groups excluding carboxylic acids is 1. The smallest absolute Gasteiger partial charge is 0.434 e. The van der Waals surface area contributed by atoms with E-state index >= 15 is 0 Å². The Hall–Kier alpha value is -2.36. The molecule has 4 heteroatoms. The van der Waals surface area contributed by atoms with Gasteiger partial charge in [0.05, 0.1) is 12.8 Å². The zero-order valence-electron chi connectivity index (χ0n) is 12.5. The van der Waals surface area contributed by atoms with Gasteiger partial charge in [-0.05, 0) is 30.0 Å². The fourth-order valence-corrected chi connectivity index (χ4v) is 1.94. The molecule has 0 saturated carbocycles. The number of nitrogens with zero attached hydrogens (tertiary/aromatic N) is 1. The molecule has 0 spiro atoms. The number of rotatable bonds is 4. The minimum atomic E-state index is -0.716. The first-order valence-corrected chi connectivity index (χ1v) is 7.00. The molecule has 0 radical (unpaired) electrons. The Morgan fingerprint density at radius 1 is 1.14 bits per heavy atom. The summed E-state index contributed by atoms with van der Waals surface area (Å²) in [6.45, 7) is 6.32. The maximum Gasteiger partial charge on any atom is 0.513 e. The molecule has 0 atom stereocenters. The van der Waals surface area contributed by atoms with E-state index in [1.165, 1.54) is 11.8 Å². The standard InChI is InChI=1S/C17H19NO3/c1-4-20-17(19)21-16-9-15(10-18-11-16)14-7-5-13(6-8-14)12(2)3/h5-12H,4H2,1-3H3. The maximum absolute atomic E-state index is 11.3. The normalized spacial score (nSPS) is 10.5. The molecule has 0 unspecified atom stereocenters. The van der Waals surface area contributed by atoms with Crippen LogP contribution in [0.5, 0.6) is 5.75 Å². The Labute approximate surface area is 124 Å². The van der Waals surface area contributed by atoms with Crippen molar-refractivity contribution < 1.29 is 14.3 Å². The molecule has 2 aromatic rings. The second-order valence-electron chi connectivity index (χ2n) is 4.97. The largest absolute Gasteiger partial charge is 0.513 e. The third kappa shape index (κ3) is 4.05. The molecule has 110 valence electrons. The zero-order chi connectivity index (χ0) is 15.2. The van der Waals surface area contributed by atoms with Crippen molar-refractivity contribution in [1.82, 2.24) is 4.98 Å². The number of carbonyl (C=O) groups is 1. The summed E-state index contributed by atoms with van der Waals surface area (Å²) in [5.74, 6) is 0.870. The average molecular weight is 285 g/mol. The van der Waals surface area contributed by atoms with Crippen LogP contribution in [0.1, 0.15) is 32.3 Å². The number of ether oxygens (including phenoxy) is 2. The lowest BCUT2D eigenvalue weighted by Crippen LogP contribution is -2.10. The lowest BCUT2D eigenvalue weighted by atomic mass is 9.99. The fourth-order valence-electron chi connectivity index (χ4n) is 1.94. The van der Waals surface area contributed by atoms with Crippen molar-refractivity contribution in [3.05, 3.63) is 48.3 Å². The molecule has 4 nitrogen and oxygen atoms in total.